The number of phenolic OH excluding ortho intramolecular Hbond substituents is 1. The van der Waals surface area contributed by atoms with Gasteiger partial charge in [-0.2, -0.15) is 5.26 Å². The lowest BCUT2D eigenvalue weighted by molar-refractivity contribution is 0.264. The van der Waals surface area contributed by atoms with Gasteiger partial charge in [-0.05, 0) is 12.1 Å². The average Bonchev–Trinajstić information content (AvgIpc) is 2.27. The standard InChI is InChI=1S/C10H12N2O3.ClH/c1-15-8-3-2-6(4-11)9(10(8)14)7(12)5-13;/h2-3,7,13-14H,5,12H2,1H3;1H/t7-;/m0./s1. The molecule has 0 spiro atoms. The smallest absolute Gasteiger partial charge is 0.163 e. The maximum absolute atomic E-state index is 9.74. The average molecular weight is 245 g/mol. The Kier molecular flexibility index (Phi) is 5.61. The number of phenols is 1. The lowest BCUT2D eigenvalue weighted by atomic mass is 10.0. The molecule has 0 amide bonds. The number of aromatic hydroxyl groups is 1. The van der Waals surface area contributed by atoms with E-state index in [9.17, 15) is 5.11 Å². The quantitative estimate of drug-likeness (QED) is 0.726. The zero-order valence-corrected chi connectivity index (χ0v) is 9.49. The minimum absolute atomic E-state index is 0. The second-order valence-corrected chi connectivity index (χ2v) is 2.98. The van der Waals surface area contributed by atoms with Gasteiger partial charge >= 0.3 is 0 Å². The SMILES string of the molecule is COc1ccc(C#N)c([C@@H](N)CO)c1O.Cl. The number of ether oxygens (including phenoxy) is 1. The molecule has 0 bridgehead atoms. The minimum atomic E-state index is -0.797. The van der Waals surface area contributed by atoms with Crippen molar-refractivity contribution < 1.29 is 14.9 Å². The van der Waals surface area contributed by atoms with Crippen molar-refractivity contribution in [1.29, 1.82) is 5.26 Å². The van der Waals surface area contributed by atoms with Gasteiger partial charge in [0, 0.05) is 5.56 Å². The second-order valence-electron chi connectivity index (χ2n) is 2.98. The molecule has 0 heterocycles. The van der Waals surface area contributed by atoms with E-state index in [-0.39, 0.29) is 41.6 Å². The van der Waals surface area contributed by atoms with Gasteiger partial charge in [0.1, 0.15) is 0 Å². The molecule has 1 atom stereocenters. The van der Waals surface area contributed by atoms with Crippen LogP contribution in [0.15, 0.2) is 12.1 Å². The van der Waals surface area contributed by atoms with Gasteiger partial charge in [-0.25, -0.2) is 0 Å². The zero-order chi connectivity index (χ0) is 11.4. The molecular formula is C10H13ClN2O3. The molecule has 4 N–H and O–H groups in total. The number of halogens is 1. The second kappa shape index (κ2) is 6.18. The van der Waals surface area contributed by atoms with E-state index in [0.29, 0.717) is 0 Å². The lowest BCUT2D eigenvalue weighted by Gasteiger charge is -2.14. The molecule has 0 saturated carbocycles. The van der Waals surface area contributed by atoms with Crippen molar-refractivity contribution in [2.24, 2.45) is 5.73 Å². The van der Waals surface area contributed by atoms with Gasteiger partial charge in [-0.15, -0.1) is 12.4 Å². The van der Waals surface area contributed by atoms with E-state index >= 15 is 0 Å². The Hall–Kier alpha value is -1.48. The number of nitrogens with zero attached hydrogens (tertiary/aromatic N) is 1. The first kappa shape index (κ1) is 14.5. The van der Waals surface area contributed by atoms with Crippen molar-refractivity contribution in [2.45, 2.75) is 6.04 Å². The van der Waals surface area contributed by atoms with Crippen LogP contribution in [-0.2, 0) is 0 Å². The maximum Gasteiger partial charge on any atom is 0.163 e. The third-order valence-corrected chi connectivity index (χ3v) is 2.09. The molecule has 16 heavy (non-hydrogen) atoms. The van der Waals surface area contributed by atoms with Crippen LogP contribution >= 0.6 is 12.4 Å². The number of hydrogen-bond donors (Lipinski definition) is 3. The zero-order valence-electron chi connectivity index (χ0n) is 8.67. The van der Waals surface area contributed by atoms with Crippen molar-refractivity contribution in [2.75, 3.05) is 13.7 Å². The van der Waals surface area contributed by atoms with Gasteiger partial charge in [0.2, 0.25) is 0 Å². The number of aliphatic hydroxyl groups excluding tert-OH is 1. The predicted molar refractivity (Wildman–Crippen MR) is 60.6 cm³/mol. The van der Waals surface area contributed by atoms with Gasteiger partial charge in [0.05, 0.1) is 31.4 Å². The first-order valence-corrected chi connectivity index (χ1v) is 4.32. The molecular weight excluding hydrogens is 232 g/mol. The Morgan fingerprint density at radius 1 is 1.56 bits per heavy atom. The number of rotatable bonds is 3. The third-order valence-electron chi connectivity index (χ3n) is 2.09. The van der Waals surface area contributed by atoms with Crippen molar-refractivity contribution in [1.82, 2.24) is 0 Å². The van der Waals surface area contributed by atoms with Gasteiger partial charge in [0.15, 0.2) is 11.5 Å². The van der Waals surface area contributed by atoms with Crippen LogP contribution in [-0.4, -0.2) is 23.9 Å². The van der Waals surface area contributed by atoms with Gasteiger partial charge in [-0.3, -0.25) is 0 Å². The van der Waals surface area contributed by atoms with Gasteiger partial charge < -0.3 is 20.7 Å². The molecule has 6 heteroatoms. The van der Waals surface area contributed by atoms with Crippen LogP contribution in [0.4, 0.5) is 0 Å². The Bertz CT molecular complexity index is 404. The van der Waals surface area contributed by atoms with Crippen LogP contribution in [0.3, 0.4) is 0 Å². The summed E-state index contributed by atoms with van der Waals surface area (Å²) in [4.78, 5) is 0. The normalized spacial score (nSPS) is 11.1. The van der Waals surface area contributed by atoms with Crippen LogP contribution in [0.1, 0.15) is 17.2 Å². The van der Waals surface area contributed by atoms with Gasteiger partial charge in [-0.1, -0.05) is 0 Å². The fourth-order valence-corrected chi connectivity index (χ4v) is 1.32. The van der Waals surface area contributed by atoms with Crippen LogP contribution < -0.4 is 10.5 Å². The van der Waals surface area contributed by atoms with Crippen molar-refractivity contribution in [3.63, 3.8) is 0 Å². The molecule has 0 aliphatic rings. The Balaban J connectivity index is 0.00000225. The highest BCUT2D eigenvalue weighted by Crippen LogP contribution is 2.35. The summed E-state index contributed by atoms with van der Waals surface area (Å²) in [5.41, 5.74) is 6.02. The molecule has 88 valence electrons. The number of aliphatic hydroxyl groups is 1. The summed E-state index contributed by atoms with van der Waals surface area (Å²) in [6.07, 6.45) is 0. The molecule has 0 saturated heterocycles. The number of nitriles is 1. The Morgan fingerprint density at radius 3 is 2.62 bits per heavy atom. The first-order chi connectivity index (χ1) is 7.15. The fraction of sp³-hybridized carbons (Fsp3) is 0.300. The highest BCUT2D eigenvalue weighted by Gasteiger charge is 2.18. The van der Waals surface area contributed by atoms with Crippen LogP contribution in [0.25, 0.3) is 0 Å². The number of nitrogens with two attached hydrogens (primary N) is 1. The van der Waals surface area contributed by atoms with E-state index in [2.05, 4.69) is 0 Å². The highest BCUT2D eigenvalue weighted by molar-refractivity contribution is 5.85. The summed E-state index contributed by atoms with van der Waals surface area (Å²) in [6.45, 7) is -0.352. The maximum atomic E-state index is 9.74. The summed E-state index contributed by atoms with van der Waals surface area (Å²) >= 11 is 0. The molecule has 5 nitrogen and oxygen atoms in total. The lowest BCUT2D eigenvalue weighted by Crippen LogP contribution is -2.16. The molecule has 0 radical (unpaired) electrons. The van der Waals surface area contributed by atoms with E-state index in [0.717, 1.165) is 0 Å². The molecule has 1 aromatic carbocycles. The largest absolute Gasteiger partial charge is 0.504 e. The predicted octanol–water partition coefficient (Wildman–Crippen LogP) is 0.686. The highest BCUT2D eigenvalue weighted by atomic mass is 35.5. The molecule has 1 aromatic rings. The topological polar surface area (TPSA) is 99.5 Å². The fourth-order valence-electron chi connectivity index (χ4n) is 1.32. The first-order valence-electron chi connectivity index (χ1n) is 4.32. The number of hydrogen-bond acceptors (Lipinski definition) is 5. The Morgan fingerprint density at radius 2 is 2.19 bits per heavy atom. The summed E-state index contributed by atoms with van der Waals surface area (Å²) < 4.78 is 4.88. The van der Waals surface area contributed by atoms with Crippen molar-refractivity contribution in [3.8, 4) is 17.6 Å². The van der Waals surface area contributed by atoms with Crippen LogP contribution in [0.2, 0.25) is 0 Å². The number of methoxy groups -OCH3 is 1. The monoisotopic (exact) mass is 244 g/mol. The molecule has 1 rings (SSSR count). The summed E-state index contributed by atoms with van der Waals surface area (Å²) in [7, 11) is 1.40. The van der Waals surface area contributed by atoms with E-state index in [1.54, 1.807) is 0 Å². The van der Waals surface area contributed by atoms with Gasteiger partial charge in [0.25, 0.3) is 0 Å². The van der Waals surface area contributed by atoms with E-state index in [1.165, 1.54) is 19.2 Å². The van der Waals surface area contributed by atoms with Crippen molar-refractivity contribution >= 4 is 12.4 Å². The van der Waals surface area contributed by atoms with Crippen LogP contribution in [0.5, 0.6) is 11.5 Å². The minimum Gasteiger partial charge on any atom is -0.504 e. The van der Waals surface area contributed by atoms with E-state index < -0.39 is 6.04 Å². The molecule has 0 fully saturated rings. The summed E-state index contributed by atoms with van der Waals surface area (Å²) in [5.74, 6) is 0.0333. The molecule has 0 aliphatic carbocycles. The molecule has 0 aliphatic heterocycles. The third kappa shape index (κ3) is 2.55. The van der Waals surface area contributed by atoms with Crippen LogP contribution in [0, 0.1) is 11.3 Å². The number of benzene rings is 1. The molecule has 0 aromatic heterocycles. The van der Waals surface area contributed by atoms with E-state index in [4.69, 9.17) is 20.8 Å². The molecule has 0 unspecified atom stereocenters. The Labute approximate surface area is 99.5 Å². The summed E-state index contributed by atoms with van der Waals surface area (Å²) in [6, 6.07) is 4.06. The van der Waals surface area contributed by atoms with Crippen molar-refractivity contribution in [3.05, 3.63) is 23.3 Å². The van der Waals surface area contributed by atoms with E-state index in [1.807, 2.05) is 6.07 Å². The summed E-state index contributed by atoms with van der Waals surface area (Å²) in [5, 5.41) is 27.5.